The van der Waals surface area contributed by atoms with E-state index in [1.54, 1.807) is 12.3 Å². The monoisotopic (exact) mass is 329 g/mol. The summed E-state index contributed by atoms with van der Waals surface area (Å²) >= 11 is 0. The van der Waals surface area contributed by atoms with E-state index in [0.29, 0.717) is 17.7 Å². The van der Waals surface area contributed by atoms with Gasteiger partial charge >= 0.3 is 5.97 Å². The van der Waals surface area contributed by atoms with Crippen LogP contribution in [0, 0.1) is 6.92 Å². The van der Waals surface area contributed by atoms with Crippen LogP contribution in [0.2, 0.25) is 0 Å². The molecule has 1 aromatic carbocycles. The molecule has 0 unspecified atom stereocenters. The number of carboxylic acid groups (broad SMARTS) is 1. The Bertz CT molecular complexity index is 785. The van der Waals surface area contributed by atoms with Crippen LogP contribution in [0.3, 0.4) is 0 Å². The van der Waals surface area contributed by atoms with Crippen molar-refractivity contribution in [3.63, 3.8) is 0 Å². The number of nitrogens with one attached hydrogen (secondary N) is 1. The van der Waals surface area contributed by atoms with E-state index in [4.69, 9.17) is 5.11 Å². The number of hydrogen-bond donors (Lipinski definition) is 2. The molecule has 6 heteroatoms. The van der Waals surface area contributed by atoms with Crippen molar-refractivity contribution in [2.45, 2.75) is 46.6 Å². The van der Waals surface area contributed by atoms with Gasteiger partial charge in [0.1, 0.15) is 0 Å². The molecule has 1 aromatic heterocycles. The Labute approximate surface area is 141 Å². The molecule has 0 aliphatic heterocycles. The number of amides is 1. The van der Waals surface area contributed by atoms with Gasteiger partial charge in [-0.15, -0.1) is 0 Å². The highest BCUT2D eigenvalue weighted by atomic mass is 16.4. The Morgan fingerprint density at radius 2 is 1.96 bits per heavy atom. The van der Waals surface area contributed by atoms with Crippen LogP contribution in [0.5, 0.6) is 0 Å². The summed E-state index contributed by atoms with van der Waals surface area (Å²) < 4.78 is 1.85. The van der Waals surface area contributed by atoms with Gasteiger partial charge in [0.15, 0.2) is 0 Å². The van der Waals surface area contributed by atoms with E-state index in [9.17, 15) is 9.59 Å². The maximum absolute atomic E-state index is 12.7. The highest BCUT2D eigenvalue weighted by Gasteiger charge is 2.23. The molecule has 2 aromatic rings. The van der Waals surface area contributed by atoms with Crippen LogP contribution in [0.15, 0.2) is 24.4 Å². The zero-order valence-corrected chi connectivity index (χ0v) is 14.7. The van der Waals surface area contributed by atoms with Crippen molar-refractivity contribution in [1.82, 2.24) is 9.78 Å². The topological polar surface area (TPSA) is 84.2 Å². The molecule has 2 N–H and O–H groups in total. The summed E-state index contributed by atoms with van der Waals surface area (Å²) in [7, 11) is 0. The van der Waals surface area contributed by atoms with Crippen molar-refractivity contribution >= 4 is 17.6 Å². The number of hydrogen-bond acceptors (Lipinski definition) is 3. The average Bonchev–Trinajstić information content (AvgIpc) is 2.93. The summed E-state index contributed by atoms with van der Waals surface area (Å²) in [6.45, 7) is 9.89. The Balaban J connectivity index is 2.36. The number of nitrogens with zero attached hydrogens (tertiary/aromatic N) is 2. The van der Waals surface area contributed by atoms with E-state index in [-0.39, 0.29) is 17.0 Å². The molecule has 0 saturated heterocycles. The van der Waals surface area contributed by atoms with Gasteiger partial charge in [-0.25, -0.2) is 4.79 Å². The molecule has 24 heavy (non-hydrogen) atoms. The molecule has 0 aliphatic rings. The fourth-order valence-corrected chi connectivity index (χ4v) is 2.56. The minimum absolute atomic E-state index is 0.136. The lowest BCUT2D eigenvalue weighted by Crippen LogP contribution is -2.26. The van der Waals surface area contributed by atoms with Crippen molar-refractivity contribution in [1.29, 1.82) is 0 Å². The van der Waals surface area contributed by atoms with Crippen molar-refractivity contribution in [3.8, 4) is 0 Å². The zero-order valence-electron chi connectivity index (χ0n) is 14.7. The Hall–Kier alpha value is -2.63. The quantitative estimate of drug-likeness (QED) is 0.899. The first kappa shape index (κ1) is 17.7. The van der Waals surface area contributed by atoms with E-state index >= 15 is 0 Å². The second-order valence-corrected chi connectivity index (χ2v) is 6.73. The first-order chi connectivity index (χ1) is 11.1. The fourth-order valence-electron chi connectivity index (χ4n) is 2.56. The number of rotatable bonds is 4. The van der Waals surface area contributed by atoms with Crippen molar-refractivity contribution < 1.29 is 14.7 Å². The molecule has 0 atom stereocenters. The van der Waals surface area contributed by atoms with E-state index in [1.165, 1.54) is 12.1 Å². The van der Waals surface area contributed by atoms with Gasteiger partial charge < -0.3 is 10.4 Å². The lowest BCUT2D eigenvalue weighted by Gasteiger charge is -2.22. The molecule has 2 rings (SSSR count). The maximum atomic E-state index is 12.7. The fraction of sp³-hybridized carbons (Fsp3) is 0.389. The molecule has 0 spiro atoms. The first-order valence-electron chi connectivity index (χ1n) is 7.87. The van der Waals surface area contributed by atoms with E-state index in [1.807, 2.05) is 39.3 Å². The van der Waals surface area contributed by atoms with Gasteiger partial charge in [-0.3, -0.25) is 9.48 Å². The Kier molecular flexibility index (Phi) is 4.78. The molecule has 0 aliphatic carbocycles. The van der Waals surface area contributed by atoms with Gasteiger partial charge in [-0.05, 0) is 51.8 Å². The summed E-state index contributed by atoms with van der Waals surface area (Å²) in [5.41, 5.74) is 2.57. The minimum Gasteiger partial charge on any atom is -0.478 e. The number of anilines is 1. The van der Waals surface area contributed by atoms with Crippen LogP contribution in [0.25, 0.3) is 0 Å². The predicted octanol–water partition coefficient (Wildman–Crippen LogP) is 3.46. The molecule has 128 valence electrons. The summed E-state index contributed by atoms with van der Waals surface area (Å²) in [5.74, 6) is -1.31. The molecular formula is C18H23N3O3. The van der Waals surface area contributed by atoms with Gasteiger partial charge in [0, 0.05) is 5.69 Å². The van der Waals surface area contributed by atoms with Gasteiger partial charge in [0.2, 0.25) is 0 Å². The molecule has 0 fully saturated rings. The zero-order chi connectivity index (χ0) is 18.1. The van der Waals surface area contributed by atoms with Crippen LogP contribution in [0.4, 0.5) is 5.69 Å². The lowest BCUT2D eigenvalue weighted by molar-refractivity contribution is 0.0696. The molecule has 6 nitrogen and oxygen atoms in total. The van der Waals surface area contributed by atoms with Crippen LogP contribution in [-0.2, 0) is 12.0 Å². The van der Waals surface area contributed by atoms with Crippen LogP contribution >= 0.6 is 0 Å². The number of aryl methyl sites for hydroxylation is 1. The van der Waals surface area contributed by atoms with Crippen LogP contribution in [0.1, 0.15) is 59.7 Å². The van der Waals surface area contributed by atoms with Gasteiger partial charge in [0.05, 0.1) is 28.6 Å². The predicted molar refractivity (Wildman–Crippen MR) is 92.7 cm³/mol. The van der Waals surface area contributed by atoms with Gasteiger partial charge in [0.25, 0.3) is 5.91 Å². The number of carbonyl (C=O) groups is 2. The van der Waals surface area contributed by atoms with E-state index in [2.05, 4.69) is 10.4 Å². The largest absolute Gasteiger partial charge is 0.478 e. The summed E-state index contributed by atoms with van der Waals surface area (Å²) in [5, 5.41) is 16.3. The Morgan fingerprint density at radius 1 is 1.29 bits per heavy atom. The average molecular weight is 329 g/mol. The summed E-state index contributed by atoms with van der Waals surface area (Å²) in [6.07, 6.45) is 2.24. The normalized spacial score (nSPS) is 11.4. The standard InChI is InChI=1S/C18H23N3O3/c1-6-15-13(10-19-21(15)18(3,4)5)16(22)20-14-9-12(17(23)24)8-7-11(14)2/h7-10H,6H2,1-5H3,(H,20,22)(H,23,24). The molecule has 1 amide bonds. The van der Waals surface area contributed by atoms with Crippen molar-refractivity contribution in [2.24, 2.45) is 0 Å². The maximum Gasteiger partial charge on any atom is 0.335 e. The third kappa shape index (κ3) is 3.48. The van der Waals surface area contributed by atoms with Gasteiger partial charge in [-0.1, -0.05) is 13.0 Å². The molecule has 0 saturated carbocycles. The second kappa shape index (κ2) is 6.47. The smallest absolute Gasteiger partial charge is 0.335 e. The minimum atomic E-state index is -1.03. The van der Waals surface area contributed by atoms with Gasteiger partial charge in [-0.2, -0.15) is 5.10 Å². The second-order valence-electron chi connectivity index (χ2n) is 6.73. The number of benzene rings is 1. The van der Waals surface area contributed by atoms with Crippen LogP contribution in [-0.4, -0.2) is 26.8 Å². The highest BCUT2D eigenvalue weighted by Crippen LogP contribution is 2.22. The van der Waals surface area contributed by atoms with Crippen LogP contribution < -0.4 is 5.32 Å². The molecular weight excluding hydrogens is 306 g/mol. The molecule has 0 radical (unpaired) electrons. The lowest BCUT2D eigenvalue weighted by atomic mass is 10.1. The van der Waals surface area contributed by atoms with E-state index < -0.39 is 5.97 Å². The summed E-state index contributed by atoms with van der Waals surface area (Å²) in [4.78, 5) is 23.8. The first-order valence-corrected chi connectivity index (χ1v) is 7.87. The third-order valence-corrected chi connectivity index (χ3v) is 3.82. The number of aromatic nitrogens is 2. The van der Waals surface area contributed by atoms with E-state index in [0.717, 1.165) is 11.3 Å². The van der Waals surface area contributed by atoms with Crippen molar-refractivity contribution in [3.05, 3.63) is 46.8 Å². The number of carbonyl (C=O) groups excluding carboxylic acids is 1. The number of aromatic carboxylic acids is 1. The summed E-state index contributed by atoms with van der Waals surface area (Å²) in [6, 6.07) is 4.66. The van der Waals surface area contributed by atoms with Crippen molar-refractivity contribution in [2.75, 3.05) is 5.32 Å². The SMILES string of the molecule is CCc1c(C(=O)Nc2cc(C(=O)O)ccc2C)cnn1C(C)(C)C. The Morgan fingerprint density at radius 3 is 2.50 bits per heavy atom. The molecule has 1 heterocycles. The molecule has 0 bridgehead atoms. The third-order valence-electron chi connectivity index (χ3n) is 3.82. The number of carboxylic acids is 1. The highest BCUT2D eigenvalue weighted by molar-refractivity contribution is 6.05.